The molecular weight excluding hydrogens is 246 g/mol. The van der Waals surface area contributed by atoms with E-state index < -0.39 is 0 Å². The molecule has 1 atom stereocenters. The summed E-state index contributed by atoms with van der Waals surface area (Å²) in [5.41, 5.74) is 8.99. The van der Waals surface area contributed by atoms with Crippen molar-refractivity contribution < 1.29 is 0 Å². The van der Waals surface area contributed by atoms with Crippen LogP contribution in [-0.2, 0) is 0 Å². The number of nitrogens with zero attached hydrogens (tertiary/aromatic N) is 1. The normalized spacial score (nSPS) is 12.2. The fourth-order valence-corrected chi connectivity index (χ4v) is 2.00. The molecule has 0 radical (unpaired) electrons. The van der Waals surface area contributed by atoms with Gasteiger partial charge in [-0.3, -0.25) is 4.98 Å². The number of nitrogens with two attached hydrogens (primary N) is 1. The van der Waals surface area contributed by atoms with Crippen molar-refractivity contribution in [3.8, 4) is 0 Å². The second-order valence-electron chi connectivity index (χ2n) is 4.13. The molecule has 0 amide bonds. The van der Waals surface area contributed by atoms with Crippen LogP contribution in [0, 0.1) is 6.92 Å². The number of aromatic nitrogens is 1. The van der Waals surface area contributed by atoms with Crippen LogP contribution in [0.1, 0.15) is 17.2 Å². The van der Waals surface area contributed by atoms with Crippen molar-refractivity contribution in [2.24, 2.45) is 5.73 Å². The first-order valence-electron chi connectivity index (χ1n) is 5.84. The molecule has 4 heteroatoms. The van der Waals surface area contributed by atoms with E-state index in [0.29, 0.717) is 6.54 Å². The molecule has 0 aliphatic carbocycles. The van der Waals surface area contributed by atoms with Crippen molar-refractivity contribution in [2.45, 2.75) is 13.0 Å². The van der Waals surface area contributed by atoms with Gasteiger partial charge in [0.25, 0.3) is 0 Å². The Morgan fingerprint density at radius 3 is 2.67 bits per heavy atom. The van der Waals surface area contributed by atoms with Crippen molar-refractivity contribution in [2.75, 3.05) is 11.9 Å². The van der Waals surface area contributed by atoms with Crippen LogP contribution in [0.5, 0.6) is 0 Å². The minimum atomic E-state index is 0.0603. The number of anilines is 1. The molecular formula is C14H16ClN3. The summed E-state index contributed by atoms with van der Waals surface area (Å²) in [7, 11) is 0. The minimum Gasteiger partial charge on any atom is -0.377 e. The molecule has 2 aromatic rings. The van der Waals surface area contributed by atoms with Crippen LogP contribution in [0.4, 0.5) is 5.69 Å². The van der Waals surface area contributed by atoms with E-state index in [1.807, 2.05) is 37.3 Å². The molecule has 1 unspecified atom stereocenters. The molecule has 0 fully saturated rings. The Morgan fingerprint density at radius 1 is 1.28 bits per heavy atom. The third kappa shape index (κ3) is 2.81. The summed E-state index contributed by atoms with van der Waals surface area (Å²) in [6, 6.07) is 9.80. The average molecular weight is 262 g/mol. The van der Waals surface area contributed by atoms with Gasteiger partial charge in [0.05, 0.1) is 6.04 Å². The van der Waals surface area contributed by atoms with Crippen LogP contribution in [0.3, 0.4) is 0 Å². The van der Waals surface area contributed by atoms with Gasteiger partial charge < -0.3 is 11.1 Å². The van der Waals surface area contributed by atoms with Crippen LogP contribution in [0.15, 0.2) is 42.7 Å². The second kappa shape index (κ2) is 5.85. The van der Waals surface area contributed by atoms with E-state index in [2.05, 4.69) is 10.3 Å². The van der Waals surface area contributed by atoms with Gasteiger partial charge in [-0.1, -0.05) is 17.7 Å². The zero-order valence-corrected chi connectivity index (χ0v) is 11.0. The molecule has 1 heterocycles. The van der Waals surface area contributed by atoms with Crippen LogP contribution in [0.2, 0.25) is 5.02 Å². The Balaban J connectivity index is 2.24. The predicted octanol–water partition coefficient (Wildman–Crippen LogP) is 3.16. The number of rotatable bonds is 4. The lowest BCUT2D eigenvalue weighted by atomic mass is 10.1. The minimum absolute atomic E-state index is 0.0603. The molecule has 1 aromatic heterocycles. The fraction of sp³-hybridized carbons (Fsp3) is 0.214. The smallest absolute Gasteiger partial charge is 0.0637 e. The maximum absolute atomic E-state index is 6.11. The number of hydrogen-bond donors (Lipinski definition) is 2. The van der Waals surface area contributed by atoms with Crippen molar-refractivity contribution >= 4 is 17.3 Å². The van der Waals surface area contributed by atoms with E-state index in [4.69, 9.17) is 17.3 Å². The topological polar surface area (TPSA) is 50.9 Å². The van der Waals surface area contributed by atoms with Gasteiger partial charge in [0, 0.05) is 29.6 Å². The Hall–Kier alpha value is -1.58. The van der Waals surface area contributed by atoms with E-state index in [0.717, 1.165) is 21.8 Å². The summed E-state index contributed by atoms with van der Waals surface area (Å²) >= 11 is 6.11. The molecule has 94 valence electrons. The molecule has 0 spiro atoms. The molecule has 0 bridgehead atoms. The summed E-state index contributed by atoms with van der Waals surface area (Å²) in [5.74, 6) is 0. The van der Waals surface area contributed by atoms with Gasteiger partial charge in [0.15, 0.2) is 0 Å². The molecule has 1 aromatic carbocycles. The van der Waals surface area contributed by atoms with Crippen LogP contribution >= 0.6 is 11.6 Å². The SMILES string of the molecule is Cc1c(Cl)cccc1NC(CN)c1ccncc1. The molecule has 3 nitrogen and oxygen atoms in total. The lowest BCUT2D eigenvalue weighted by Crippen LogP contribution is -2.21. The third-order valence-corrected chi connectivity index (χ3v) is 3.35. The maximum atomic E-state index is 6.11. The second-order valence-corrected chi connectivity index (χ2v) is 4.53. The zero-order chi connectivity index (χ0) is 13.0. The van der Waals surface area contributed by atoms with E-state index >= 15 is 0 Å². The summed E-state index contributed by atoms with van der Waals surface area (Å²) in [4.78, 5) is 4.01. The first-order valence-corrected chi connectivity index (χ1v) is 6.22. The predicted molar refractivity (Wildman–Crippen MR) is 75.8 cm³/mol. The Bertz CT molecular complexity index is 514. The van der Waals surface area contributed by atoms with Gasteiger partial charge in [-0.2, -0.15) is 0 Å². The molecule has 2 rings (SSSR count). The molecule has 18 heavy (non-hydrogen) atoms. The Kier molecular flexibility index (Phi) is 4.18. The third-order valence-electron chi connectivity index (χ3n) is 2.94. The Labute approximate surface area is 112 Å². The van der Waals surface area contributed by atoms with E-state index in [1.54, 1.807) is 12.4 Å². The monoisotopic (exact) mass is 261 g/mol. The molecule has 0 aliphatic heterocycles. The first kappa shape index (κ1) is 12.9. The largest absolute Gasteiger partial charge is 0.377 e. The summed E-state index contributed by atoms with van der Waals surface area (Å²) < 4.78 is 0. The van der Waals surface area contributed by atoms with E-state index in [1.165, 1.54) is 0 Å². The van der Waals surface area contributed by atoms with Crippen LogP contribution < -0.4 is 11.1 Å². The fourth-order valence-electron chi connectivity index (χ4n) is 1.83. The molecule has 3 N–H and O–H groups in total. The van der Waals surface area contributed by atoms with E-state index in [9.17, 15) is 0 Å². The van der Waals surface area contributed by atoms with Crippen LogP contribution in [0.25, 0.3) is 0 Å². The number of nitrogens with one attached hydrogen (secondary N) is 1. The summed E-state index contributed by atoms with van der Waals surface area (Å²) in [5, 5.41) is 4.17. The van der Waals surface area contributed by atoms with Crippen LogP contribution in [-0.4, -0.2) is 11.5 Å². The number of halogens is 1. The standard InChI is InChI=1S/C14H16ClN3/c1-10-12(15)3-2-4-13(10)18-14(9-16)11-5-7-17-8-6-11/h2-8,14,18H,9,16H2,1H3. The number of benzene rings is 1. The van der Waals surface area contributed by atoms with Gasteiger partial charge in [0.1, 0.15) is 0 Å². The van der Waals surface area contributed by atoms with Gasteiger partial charge in [-0.25, -0.2) is 0 Å². The molecule has 0 aliphatic rings. The number of hydrogen-bond acceptors (Lipinski definition) is 3. The lowest BCUT2D eigenvalue weighted by Gasteiger charge is -2.20. The molecule has 0 saturated carbocycles. The van der Waals surface area contributed by atoms with Gasteiger partial charge in [-0.15, -0.1) is 0 Å². The molecule has 0 saturated heterocycles. The van der Waals surface area contributed by atoms with Crippen molar-refractivity contribution in [1.29, 1.82) is 0 Å². The Morgan fingerprint density at radius 2 is 2.00 bits per heavy atom. The highest BCUT2D eigenvalue weighted by atomic mass is 35.5. The summed E-state index contributed by atoms with van der Waals surface area (Å²) in [6.45, 7) is 2.50. The maximum Gasteiger partial charge on any atom is 0.0637 e. The van der Waals surface area contributed by atoms with Gasteiger partial charge >= 0.3 is 0 Å². The highest BCUT2D eigenvalue weighted by molar-refractivity contribution is 6.31. The van der Waals surface area contributed by atoms with Gasteiger partial charge in [-0.05, 0) is 42.3 Å². The summed E-state index contributed by atoms with van der Waals surface area (Å²) in [6.07, 6.45) is 3.54. The lowest BCUT2D eigenvalue weighted by molar-refractivity contribution is 0.787. The van der Waals surface area contributed by atoms with Crippen molar-refractivity contribution in [1.82, 2.24) is 4.98 Å². The zero-order valence-electron chi connectivity index (χ0n) is 10.2. The van der Waals surface area contributed by atoms with Crippen molar-refractivity contribution in [3.63, 3.8) is 0 Å². The average Bonchev–Trinajstić information content (AvgIpc) is 2.41. The van der Waals surface area contributed by atoms with Gasteiger partial charge in [0.2, 0.25) is 0 Å². The first-order chi connectivity index (χ1) is 8.72. The highest BCUT2D eigenvalue weighted by Crippen LogP contribution is 2.26. The quantitative estimate of drug-likeness (QED) is 0.889. The highest BCUT2D eigenvalue weighted by Gasteiger charge is 2.11. The number of pyridine rings is 1. The van der Waals surface area contributed by atoms with E-state index in [-0.39, 0.29) is 6.04 Å². The van der Waals surface area contributed by atoms with Crippen molar-refractivity contribution in [3.05, 3.63) is 58.9 Å².